The predicted octanol–water partition coefficient (Wildman–Crippen LogP) is 1.45. The largest absolute Gasteiger partial charge is 0.435 e. The van der Waals surface area contributed by atoms with Gasteiger partial charge in [0.2, 0.25) is 11.7 Å². The molecule has 1 fully saturated rings. The molecule has 0 aromatic rings. The molecular weight excluding hydrogens is 465 g/mol. The normalized spacial score (nSPS) is 30.2. The summed E-state index contributed by atoms with van der Waals surface area (Å²) >= 11 is 17.1. The van der Waals surface area contributed by atoms with Crippen LogP contribution in [0.1, 0.15) is 6.92 Å². The molecule has 1 heterocycles. The molecule has 0 aliphatic carbocycles. The molecule has 0 aromatic carbocycles. The van der Waals surface area contributed by atoms with Gasteiger partial charge in [-0.3, -0.25) is 10.2 Å². The molecule has 12 nitrogen and oxygen atoms in total. The van der Waals surface area contributed by atoms with E-state index in [2.05, 4.69) is 4.89 Å². The number of alkyl halides is 3. The van der Waals surface area contributed by atoms with Gasteiger partial charge in [0, 0.05) is 6.92 Å². The third kappa shape index (κ3) is 6.56. The van der Waals surface area contributed by atoms with Crippen LogP contribution < -0.4 is 0 Å². The molecule has 0 bridgehead atoms. The summed E-state index contributed by atoms with van der Waals surface area (Å²) in [5, 5.41) is 7.89. The van der Waals surface area contributed by atoms with E-state index in [1.165, 1.54) is 21.3 Å². The average Bonchev–Trinajstić information content (AvgIpc) is 2.64. The summed E-state index contributed by atoms with van der Waals surface area (Å²) in [6.45, 7) is 0.792. The maximum absolute atomic E-state index is 12.7. The summed E-state index contributed by atoms with van der Waals surface area (Å²) in [5.41, 5.74) is 0. The number of Topliss-reactive ketones (excluding diaryl/α,β-unsaturated/α-hetero) is 1. The van der Waals surface area contributed by atoms with Gasteiger partial charge in [-0.15, -0.1) is 0 Å². The van der Waals surface area contributed by atoms with Crippen LogP contribution in [0.5, 0.6) is 0 Å². The van der Waals surface area contributed by atoms with E-state index < -0.39 is 45.7 Å². The lowest BCUT2D eigenvalue weighted by Gasteiger charge is -2.48. The van der Waals surface area contributed by atoms with Crippen LogP contribution >= 0.6 is 34.8 Å². The number of nitrogens with one attached hydrogen (secondary N) is 1. The van der Waals surface area contributed by atoms with E-state index >= 15 is 0 Å². The highest BCUT2D eigenvalue weighted by Gasteiger charge is 2.64. The van der Waals surface area contributed by atoms with Gasteiger partial charge in [0.15, 0.2) is 18.3 Å². The Morgan fingerprint density at radius 1 is 1.00 bits per heavy atom. The summed E-state index contributed by atoms with van der Waals surface area (Å²) < 4.78 is 8.82. The average molecular weight is 487 g/mol. The van der Waals surface area contributed by atoms with Gasteiger partial charge in [0.1, 0.15) is 12.7 Å². The topological polar surface area (TPSA) is 133 Å². The molecule has 1 N–H and O–H groups in total. The van der Waals surface area contributed by atoms with Crippen LogP contribution in [0, 0.1) is 5.41 Å². The molecule has 1 aliphatic heterocycles. The zero-order valence-corrected chi connectivity index (χ0v) is 18.4. The van der Waals surface area contributed by atoms with Crippen LogP contribution in [0.15, 0.2) is 0 Å². The molecule has 0 saturated carbocycles. The van der Waals surface area contributed by atoms with E-state index in [0.717, 1.165) is 14.0 Å². The first kappa shape index (κ1) is 26.7. The molecule has 0 spiro atoms. The Hall–Kier alpha value is -0.350. The Morgan fingerprint density at radius 3 is 2.00 bits per heavy atom. The minimum Gasteiger partial charge on any atom is -0.435 e. The van der Waals surface area contributed by atoms with Crippen molar-refractivity contribution < 1.29 is 53.4 Å². The fraction of sp³-hybridized carbons (Fsp3) is 0.857. The smallest absolute Gasteiger partial charge is 0.304 e. The van der Waals surface area contributed by atoms with Gasteiger partial charge in [-0.25, -0.2) is 39.1 Å². The number of ether oxygens (including phenoxy) is 2. The zero-order valence-electron chi connectivity index (χ0n) is 16.1. The minimum absolute atomic E-state index is 0.298. The Balaban J connectivity index is 3.50. The third-order valence-corrected chi connectivity index (χ3v) is 4.17. The first-order chi connectivity index (χ1) is 13.6. The fourth-order valence-corrected chi connectivity index (χ4v) is 2.65. The molecule has 1 aliphatic rings. The van der Waals surface area contributed by atoms with Crippen LogP contribution in [0.3, 0.4) is 0 Å². The van der Waals surface area contributed by atoms with E-state index in [-0.39, 0.29) is 6.61 Å². The SMILES string of the molecule is COOC[C@H]1O[C@@](OC(=N)C(Cl)(Cl)Cl)(C(C)=O)[C@@H](OOC)[C@@H](OOC)[C@@H]1OOC. The van der Waals surface area contributed by atoms with E-state index in [4.69, 9.17) is 83.9 Å². The second-order valence-electron chi connectivity index (χ2n) is 5.40. The highest BCUT2D eigenvalue weighted by atomic mass is 35.6. The number of halogens is 3. The van der Waals surface area contributed by atoms with Gasteiger partial charge < -0.3 is 9.47 Å². The number of carbonyl (C=O) groups excluding carboxylic acids is 1. The second kappa shape index (κ2) is 11.9. The molecular formula is C14H22Cl3NO11. The molecule has 170 valence electrons. The quantitative estimate of drug-likeness (QED) is 0.149. The maximum Gasteiger partial charge on any atom is 0.304 e. The summed E-state index contributed by atoms with van der Waals surface area (Å²) in [6, 6.07) is 0. The lowest BCUT2D eigenvalue weighted by molar-refractivity contribution is -0.479. The molecule has 1 saturated heterocycles. The number of hydrogen-bond acceptors (Lipinski definition) is 12. The van der Waals surface area contributed by atoms with Crippen molar-refractivity contribution in [2.75, 3.05) is 35.0 Å². The Labute approximate surface area is 181 Å². The number of carbonyl (C=O) groups is 1. The standard InChI is InChI=1S/C14H22Cl3NO11/c1-7(19)13(26-12(18)14(15,16)17)11(29-23-5)10(28-22-4)9(27-21-3)8(25-13)6-24-20-2/h8-11,18H,6H2,1-5H3/t8-,9-,10+,11+,13-/m1/s1. The van der Waals surface area contributed by atoms with Crippen LogP contribution in [0.2, 0.25) is 0 Å². The lowest BCUT2D eigenvalue weighted by Crippen LogP contribution is -2.71. The molecule has 0 amide bonds. The van der Waals surface area contributed by atoms with Gasteiger partial charge in [-0.05, 0) is 0 Å². The lowest BCUT2D eigenvalue weighted by atomic mass is 9.90. The van der Waals surface area contributed by atoms with Crippen LogP contribution in [-0.4, -0.2) is 80.7 Å². The Morgan fingerprint density at radius 2 is 1.55 bits per heavy atom. The maximum atomic E-state index is 12.7. The number of hydrogen-bond donors (Lipinski definition) is 1. The molecule has 29 heavy (non-hydrogen) atoms. The van der Waals surface area contributed by atoms with Gasteiger partial charge in [0.05, 0.1) is 28.4 Å². The molecule has 0 aromatic heterocycles. The summed E-state index contributed by atoms with van der Waals surface area (Å²) in [4.78, 5) is 51.8. The molecule has 15 heteroatoms. The second-order valence-corrected chi connectivity index (χ2v) is 7.68. The highest BCUT2D eigenvalue weighted by Crippen LogP contribution is 2.40. The van der Waals surface area contributed by atoms with E-state index in [9.17, 15) is 4.79 Å². The van der Waals surface area contributed by atoms with Crippen LogP contribution in [0.25, 0.3) is 0 Å². The molecule has 5 atom stereocenters. The van der Waals surface area contributed by atoms with Crippen molar-refractivity contribution in [1.82, 2.24) is 0 Å². The van der Waals surface area contributed by atoms with Crippen molar-refractivity contribution >= 4 is 46.5 Å². The summed E-state index contributed by atoms with van der Waals surface area (Å²) in [5.74, 6) is -4.12. The predicted molar refractivity (Wildman–Crippen MR) is 96.0 cm³/mol. The van der Waals surface area contributed by atoms with E-state index in [1.807, 2.05) is 0 Å². The third-order valence-electron chi connectivity index (χ3n) is 3.66. The molecule has 0 radical (unpaired) electrons. The minimum atomic E-state index is -2.39. The Kier molecular flexibility index (Phi) is 10.9. The van der Waals surface area contributed by atoms with E-state index in [1.54, 1.807) is 0 Å². The van der Waals surface area contributed by atoms with Crippen molar-refractivity contribution in [1.29, 1.82) is 5.41 Å². The van der Waals surface area contributed by atoms with Gasteiger partial charge >= 0.3 is 5.79 Å². The van der Waals surface area contributed by atoms with Crippen molar-refractivity contribution in [3.8, 4) is 0 Å². The summed E-state index contributed by atoms with van der Waals surface area (Å²) in [6.07, 6.45) is -5.09. The van der Waals surface area contributed by atoms with Crippen molar-refractivity contribution in [3.05, 3.63) is 0 Å². The van der Waals surface area contributed by atoms with Crippen LogP contribution in [-0.2, 0) is 53.4 Å². The van der Waals surface area contributed by atoms with Crippen molar-refractivity contribution in [2.45, 2.75) is 40.9 Å². The van der Waals surface area contributed by atoms with Gasteiger partial charge in [0.25, 0.3) is 3.79 Å². The van der Waals surface area contributed by atoms with Crippen LogP contribution in [0.4, 0.5) is 0 Å². The van der Waals surface area contributed by atoms with Crippen molar-refractivity contribution in [3.63, 3.8) is 0 Å². The Bertz CT molecular complexity index is 549. The van der Waals surface area contributed by atoms with Gasteiger partial charge in [-0.1, -0.05) is 34.8 Å². The fourth-order valence-electron chi connectivity index (χ4n) is 2.54. The monoisotopic (exact) mass is 485 g/mol. The zero-order chi connectivity index (χ0) is 22.2. The van der Waals surface area contributed by atoms with E-state index in [0.29, 0.717) is 0 Å². The first-order valence-electron chi connectivity index (χ1n) is 7.86. The molecule has 0 unspecified atom stereocenters. The number of rotatable bonds is 11. The summed E-state index contributed by atoms with van der Waals surface area (Å²) in [7, 11) is 4.83. The highest BCUT2D eigenvalue weighted by molar-refractivity contribution is 6.76. The van der Waals surface area contributed by atoms with Gasteiger partial charge in [-0.2, -0.15) is 0 Å². The van der Waals surface area contributed by atoms with Crippen molar-refractivity contribution in [2.24, 2.45) is 0 Å². The molecule has 1 rings (SSSR count). The number of ketones is 1. The first-order valence-corrected chi connectivity index (χ1v) is 9.00.